The minimum absolute atomic E-state index is 0.0679. The SMILES string of the molecule is CC(=O)[C@H](C)NC(=O)[C@@H]1CCB2CC[C@@](N)(Cc3ccccc3)C(=O)N21. The van der Waals surface area contributed by atoms with Crippen molar-refractivity contribution in [3.63, 3.8) is 0 Å². The maximum Gasteiger partial charge on any atom is 0.259 e. The highest BCUT2D eigenvalue weighted by Gasteiger charge is 2.52. The lowest BCUT2D eigenvalue weighted by Gasteiger charge is -2.42. The summed E-state index contributed by atoms with van der Waals surface area (Å²) in [5.41, 5.74) is 6.57. The number of Topliss-reactive ketones (excluding diaryl/α,β-unsaturated/α-hetero) is 1. The molecule has 2 heterocycles. The van der Waals surface area contributed by atoms with Crippen molar-refractivity contribution in [3.8, 4) is 0 Å². The van der Waals surface area contributed by atoms with Gasteiger partial charge in [0.15, 0.2) is 5.78 Å². The van der Waals surface area contributed by atoms with E-state index < -0.39 is 17.6 Å². The van der Waals surface area contributed by atoms with Crippen LogP contribution in [0, 0.1) is 0 Å². The monoisotopic (exact) mass is 355 g/mol. The molecule has 6 nitrogen and oxygen atoms in total. The molecule has 7 heteroatoms. The summed E-state index contributed by atoms with van der Waals surface area (Å²) in [6.45, 7) is 3.17. The number of nitrogens with one attached hydrogen (secondary N) is 1. The van der Waals surface area contributed by atoms with Crippen LogP contribution in [0.5, 0.6) is 0 Å². The number of hydrogen-bond donors (Lipinski definition) is 2. The number of ketones is 1. The summed E-state index contributed by atoms with van der Waals surface area (Å²) in [5.74, 6) is -0.506. The maximum atomic E-state index is 13.2. The van der Waals surface area contributed by atoms with Crippen LogP contribution in [0.3, 0.4) is 0 Å². The molecule has 2 amide bonds. The minimum Gasteiger partial charge on any atom is -0.374 e. The van der Waals surface area contributed by atoms with Gasteiger partial charge < -0.3 is 15.9 Å². The van der Waals surface area contributed by atoms with Crippen molar-refractivity contribution in [1.29, 1.82) is 0 Å². The highest BCUT2D eigenvalue weighted by molar-refractivity contribution is 6.61. The van der Waals surface area contributed by atoms with Gasteiger partial charge in [-0.1, -0.05) is 43.0 Å². The van der Waals surface area contributed by atoms with Gasteiger partial charge >= 0.3 is 0 Å². The first-order valence-corrected chi connectivity index (χ1v) is 9.28. The molecule has 0 aromatic heterocycles. The van der Waals surface area contributed by atoms with Gasteiger partial charge in [-0.3, -0.25) is 14.4 Å². The van der Waals surface area contributed by atoms with Gasteiger partial charge in [0.2, 0.25) is 11.8 Å². The average molecular weight is 355 g/mol. The van der Waals surface area contributed by atoms with Crippen molar-refractivity contribution in [3.05, 3.63) is 35.9 Å². The lowest BCUT2D eigenvalue weighted by Crippen LogP contribution is -2.66. The molecule has 0 bridgehead atoms. The lowest BCUT2D eigenvalue weighted by atomic mass is 9.51. The highest BCUT2D eigenvalue weighted by atomic mass is 16.2. The van der Waals surface area contributed by atoms with Crippen molar-refractivity contribution in [1.82, 2.24) is 10.1 Å². The van der Waals surface area contributed by atoms with E-state index in [0.29, 0.717) is 19.3 Å². The molecular weight excluding hydrogens is 329 g/mol. The first-order chi connectivity index (χ1) is 12.3. The van der Waals surface area contributed by atoms with Crippen LogP contribution >= 0.6 is 0 Å². The Bertz CT molecular complexity index is 711. The van der Waals surface area contributed by atoms with E-state index in [1.807, 2.05) is 30.3 Å². The summed E-state index contributed by atoms with van der Waals surface area (Å²) in [7, 11) is 0. The maximum absolute atomic E-state index is 13.2. The van der Waals surface area contributed by atoms with E-state index in [0.717, 1.165) is 18.2 Å². The molecule has 2 saturated heterocycles. The second-order valence-electron chi connectivity index (χ2n) is 7.66. The fourth-order valence-electron chi connectivity index (χ4n) is 4.05. The zero-order chi connectivity index (χ0) is 18.9. The van der Waals surface area contributed by atoms with Gasteiger partial charge in [0.1, 0.15) is 0 Å². The van der Waals surface area contributed by atoms with Gasteiger partial charge in [0, 0.05) is 0 Å². The van der Waals surface area contributed by atoms with E-state index in [1.165, 1.54) is 6.92 Å². The summed E-state index contributed by atoms with van der Waals surface area (Å²) >= 11 is 0. The average Bonchev–Trinajstić information content (AvgIpc) is 3.04. The molecule has 3 N–H and O–H groups in total. The Hall–Kier alpha value is -2.15. The summed E-state index contributed by atoms with van der Waals surface area (Å²) in [6, 6.07) is 8.66. The van der Waals surface area contributed by atoms with Crippen LogP contribution in [-0.4, -0.2) is 46.9 Å². The van der Waals surface area contributed by atoms with Crippen molar-refractivity contribution in [2.24, 2.45) is 5.73 Å². The van der Waals surface area contributed by atoms with Crippen LogP contribution in [0.4, 0.5) is 0 Å². The van der Waals surface area contributed by atoms with E-state index in [1.54, 1.807) is 11.7 Å². The number of benzene rings is 1. The molecule has 0 saturated carbocycles. The molecule has 2 aliphatic heterocycles. The number of fused-ring (bicyclic) bond motifs is 1. The summed E-state index contributed by atoms with van der Waals surface area (Å²) < 4.78 is 0. The van der Waals surface area contributed by atoms with Crippen molar-refractivity contribution < 1.29 is 14.4 Å². The van der Waals surface area contributed by atoms with E-state index in [-0.39, 0.29) is 24.4 Å². The van der Waals surface area contributed by atoms with E-state index in [2.05, 4.69) is 5.32 Å². The van der Waals surface area contributed by atoms with E-state index in [4.69, 9.17) is 5.73 Å². The van der Waals surface area contributed by atoms with Crippen LogP contribution in [0.15, 0.2) is 30.3 Å². The van der Waals surface area contributed by atoms with Crippen LogP contribution < -0.4 is 11.1 Å². The van der Waals surface area contributed by atoms with Crippen LogP contribution in [0.25, 0.3) is 0 Å². The fourth-order valence-corrected chi connectivity index (χ4v) is 4.05. The summed E-state index contributed by atoms with van der Waals surface area (Å²) in [4.78, 5) is 39.0. The number of carbonyl (C=O) groups is 3. The highest BCUT2D eigenvalue weighted by Crippen LogP contribution is 2.36. The van der Waals surface area contributed by atoms with Crippen molar-refractivity contribution in [2.75, 3.05) is 0 Å². The molecule has 2 fully saturated rings. The van der Waals surface area contributed by atoms with Crippen LogP contribution in [-0.2, 0) is 20.8 Å². The number of rotatable bonds is 5. The first-order valence-electron chi connectivity index (χ1n) is 9.28. The van der Waals surface area contributed by atoms with Crippen molar-refractivity contribution >= 4 is 24.4 Å². The Kier molecular flexibility index (Phi) is 5.18. The summed E-state index contributed by atoms with van der Waals surface area (Å²) in [5, 5.41) is 2.73. The standard InChI is InChI=1S/C19H26BN3O3/c1-13(14(2)24)22-17(25)16-8-10-20-11-9-19(21,18(26)23(16)20)12-15-6-4-3-5-7-15/h3-7,13,16H,8-12,21H2,1-2H3,(H,22,25)/t13-,16-,19+/m0/s1. The zero-order valence-corrected chi connectivity index (χ0v) is 15.4. The zero-order valence-electron chi connectivity index (χ0n) is 15.4. The smallest absolute Gasteiger partial charge is 0.259 e. The number of amides is 2. The quantitative estimate of drug-likeness (QED) is 0.772. The molecule has 3 rings (SSSR count). The molecule has 1 aromatic carbocycles. The number of carbonyl (C=O) groups excluding carboxylic acids is 3. The first kappa shape index (κ1) is 18.6. The molecule has 0 radical (unpaired) electrons. The summed E-state index contributed by atoms with van der Waals surface area (Å²) in [6.07, 6.45) is 3.32. The Labute approximate surface area is 154 Å². The molecule has 0 aliphatic carbocycles. The molecule has 3 atom stereocenters. The molecule has 26 heavy (non-hydrogen) atoms. The Morgan fingerprint density at radius 1 is 1.35 bits per heavy atom. The second-order valence-corrected chi connectivity index (χ2v) is 7.66. The predicted octanol–water partition coefficient (Wildman–Crippen LogP) is 1.02. The van der Waals surface area contributed by atoms with E-state index >= 15 is 0 Å². The van der Waals surface area contributed by atoms with Gasteiger partial charge in [0.25, 0.3) is 6.85 Å². The van der Waals surface area contributed by atoms with Gasteiger partial charge in [-0.15, -0.1) is 0 Å². The van der Waals surface area contributed by atoms with Gasteiger partial charge in [-0.2, -0.15) is 0 Å². The van der Waals surface area contributed by atoms with Crippen LogP contribution in [0.2, 0.25) is 12.6 Å². The van der Waals surface area contributed by atoms with Gasteiger partial charge in [-0.25, -0.2) is 0 Å². The minimum atomic E-state index is -0.979. The largest absolute Gasteiger partial charge is 0.374 e. The third-order valence-corrected chi connectivity index (χ3v) is 5.72. The number of nitrogens with zero attached hydrogens (tertiary/aromatic N) is 1. The number of nitrogens with two attached hydrogens (primary N) is 1. The Morgan fingerprint density at radius 3 is 2.69 bits per heavy atom. The molecule has 0 unspecified atom stereocenters. The third-order valence-electron chi connectivity index (χ3n) is 5.72. The van der Waals surface area contributed by atoms with Crippen molar-refractivity contribution in [2.45, 2.75) is 63.4 Å². The third kappa shape index (κ3) is 3.53. The molecule has 138 valence electrons. The van der Waals surface area contributed by atoms with Crippen LogP contribution in [0.1, 0.15) is 32.3 Å². The topological polar surface area (TPSA) is 92.5 Å². The predicted molar refractivity (Wildman–Crippen MR) is 101 cm³/mol. The number of hydrogen-bond acceptors (Lipinski definition) is 4. The molecular formula is C19H26BN3O3. The lowest BCUT2D eigenvalue weighted by molar-refractivity contribution is -0.140. The Morgan fingerprint density at radius 2 is 2.04 bits per heavy atom. The normalized spacial score (nSPS) is 26.4. The van der Waals surface area contributed by atoms with Gasteiger partial charge in [-0.05, 0) is 38.7 Å². The Balaban J connectivity index is 1.76. The molecule has 1 aromatic rings. The van der Waals surface area contributed by atoms with Gasteiger partial charge in [0.05, 0.1) is 17.6 Å². The fraction of sp³-hybridized carbons (Fsp3) is 0.526. The van der Waals surface area contributed by atoms with E-state index in [9.17, 15) is 14.4 Å². The molecule has 2 aliphatic rings. The second kappa shape index (κ2) is 7.23. The molecule has 0 spiro atoms.